The molecule has 1 aromatic carbocycles. The van der Waals surface area contributed by atoms with E-state index in [2.05, 4.69) is 12.2 Å². The van der Waals surface area contributed by atoms with Gasteiger partial charge in [-0.25, -0.2) is 0 Å². The highest BCUT2D eigenvalue weighted by Gasteiger charge is 2.08. The van der Waals surface area contributed by atoms with Gasteiger partial charge in [-0.3, -0.25) is 4.55 Å². The Morgan fingerprint density at radius 3 is 1.52 bits per heavy atom. The third-order valence-corrected chi connectivity index (χ3v) is 6.38. The van der Waals surface area contributed by atoms with Gasteiger partial charge in [0, 0.05) is 6.54 Å². The molecule has 0 aliphatic heterocycles. The predicted octanol–water partition coefficient (Wildman–Crippen LogP) is 6.89. The standard InChI is InChI=1S/C24H43NO3S/c1-2-3-4-5-6-7-8-9-10-11-12-13-14-15-16-21-25-22-23-17-19-24(20-18-23)29(26,27)28/h17-20,25H,2-16,21-22H2,1H3,(H,26,27,28). The van der Waals surface area contributed by atoms with Gasteiger partial charge in [0.15, 0.2) is 0 Å². The van der Waals surface area contributed by atoms with Crippen molar-refractivity contribution in [2.45, 2.75) is 115 Å². The second kappa shape index (κ2) is 16.8. The summed E-state index contributed by atoms with van der Waals surface area (Å²) < 4.78 is 31.0. The molecule has 0 amide bonds. The molecule has 0 heterocycles. The third-order valence-electron chi connectivity index (χ3n) is 5.51. The van der Waals surface area contributed by atoms with Crippen LogP contribution >= 0.6 is 0 Å². The lowest BCUT2D eigenvalue weighted by Crippen LogP contribution is -2.14. The number of rotatable bonds is 19. The average Bonchev–Trinajstić information content (AvgIpc) is 2.70. The maximum Gasteiger partial charge on any atom is 0.294 e. The van der Waals surface area contributed by atoms with Gasteiger partial charge in [0.25, 0.3) is 10.1 Å². The molecule has 0 aliphatic rings. The van der Waals surface area contributed by atoms with Gasteiger partial charge in [-0.15, -0.1) is 0 Å². The molecule has 1 aromatic rings. The first-order valence-corrected chi connectivity index (χ1v) is 13.2. The molecule has 0 saturated heterocycles. The van der Waals surface area contributed by atoms with Crippen LogP contribution in [0.3, 0.4) is 0 Å². The summed E-state index contributed by atoms with van der Waals surface area (Å²) in [7, 11) is -4.09. The van der Waals surface area contributed by atoms with Crippen LogP contribution in [-0.2, 0) is 16.7 Å². The van der Waals surface area contributed by atoms with Crippen molar-refractivity contribution in [1.82, 2.24) is 5.32 Å². The molecule has 0 aromatic heterocycles. The van der Waals surface area contributed by atoms with E-state index in [9.17, 15) is 8.42 Å². The Hall–Kier alpha value is -0.910. The molecule has 0 unspecified atom stereocenters. The summed E-state index contributed by atoms with van der Waals surface area (Å²) in [4.78, 5) is -0.0522. The quantitative estimate of drug-likeness (QED) is 0.187. The maximum atomic E-state index is 11.0. The average molecular weight is 426 g/mol. The highest BCUT2D eigenvalue weighted by molar-refractivity contribution is 7.85. The number of hydrogen-bond donors (Lipinski definition) is 2. The zero-order chi connectivity index (χ0) is 21.2. The van der Waals surface area contributed by atoms with E-state index in [4.69, 9.17) is 4.55 Å². The van der Waals surface area contributed by atoms with E-state index in [1.165, 1.54) is 108 Å². The van der Waals surface area contributed by atoms with Gasteiger partial charge in [-0.2, -0.15) is 8.42 Å². The number of benzene rings is 1. The van der Waals surface area contributed by atoms with Crippen LogP contribution in [-0.4, -0.2) is 19.5 Å². The van der Waals surface area contributed by atoms with E-state index in [1.807, 2.05) is 0 Å². The van der Waals surface area contributed by atoms with E-state index in [-0.39, 0.29) is 4.90 Å². The first-order chi connectivity index (χ1) is 14.0. The molecule has 0 spiro atoms. The van der Waals surface area contributed by atoms with Gasteiger partial charge in [-0.05, 0) is 30.7 Å². The predicted molar refractivity (Wildman–Crippen MR) is 123 cm³/mol. The molecular formula is C24H43NO3S. The fourth-order valence-electron chi connectivity index (χ4n) is 3.63. The van der Waals surface area contributed by atoms with E-state index in [0.29, 0.717) is 0 Å². The van der Waals surface area contributed by atoms with Crippen molar-refractivity contribution in [1.29, 1.82) is 0 Å². The molecule has 0 aliphatic carbocycles. The zero-order valence-electron chi connectivity index (χ0n) is 18.5. The topological polar surface area (TPSA) is 66.4 Å². The molecule has 29 heavy (non-hydrogen) atoms. The smallest absolute Gasteiger partial charge is 0.294 e. The first kappa shape index (κ1) is 26.1. The summed E-state index contributed by atoms with van der Waals surface area (Å²) in [5.74, 6) is 0. The largest absolute Gasteiger partial charge is 0.313 e. The second-order valence-corrected chi connectivity index (χ2v) is 9.67. The zero-order valence-corrected chi connectivity index (χ0v) is 19.3. The van der Waals surface area contributed by atoms with Crippen LogP contribution in [0, 0.1) is 0 Å². The van der Waals surface area contributed by atoms with E-state index < -0.39 is 10.1 Å². The molecule has 5 heteroatoms. The first-order valence-electron chi connectivity index (χ1n) is 11.8. The van der Waals surface area contributed by atoms with Gasteiger partial charge in [0.2, 0.25) is 0 Å². The van der Waals surface area contributed by atoms with E-state index in [0.717, 1.165) is 18.7 Å². The molecule has 0 bridgehead atoms. The van der Waals surface area contributed by atoms with Gasteiger partial charge >= 0.3 is 0 Å². The summed E-state index contributed by atoms with van der Waals surface area (Å²) >= 11 is 0. The Morgan fingerprint density at radius 2 is 1.10 bits per heavy atom. The monoisotopic (exact) mass is 425 g/mol. The van der Waals surface area contributed by atoms with Gasteiger partial charge in [0.05, 0.1) is 4.90 Å². The Bertz CT molecular complexity index is 599. The highest BCUT2D eigenvalue weighted by Crippen LogP contribution is 2.13. The van der Waals surface area contributed by atoms with Gasteiger partial charge < -0.3 is 5.32 Å². The minimum atomic E-state index is -4.09. The molecule has 168 valence electrons. The maximum absolute atomic E-state index is 11.0. The van der Waals surface area contributed by atoms with E-state index >= 15 is 0 Å². The van der Waals surface area contributed by atoms with Crippen molar-refractivity contribution >= 4 is 10.1 Å². The molecular weight excluding hydrogens is 382 g/mol. The van der Waals surface area contributed by atoms with Crippen molar-refractivity contribution in [3.63, 3.8) is 0 Å². The minimum Gasteiger partial charge on any atom is -0.313 e. The van der Waals surface area contributed by atoms with Gasteiger partial charge in [-0.1, -0.05) is 109 Å². The Labute approximate surface area is 179 Å². The van der Waals surface area contributed by atoms with Gasteiger partial charge in [0.1, 0.15) is 0 Å². The lowest BCUT2D eigenvalue weighted by molar-refractivity contribution is 0.483. The SMILES string of the molecule is CCCCCCCCCCCCCCCCCNCc1ccc(S(=O)(=O)O)cc1. The van der Waals surface area contributed by atoms with Crippen LogP contribution in [0.4, 0.5) is 0 Å². The van der Waals surface area contributed by atoms with Crippen LogP contribution in [0.15, 0.2) is 29.2 Å². The minimum absolute atomic E-state index is 0.0522. The molecule has 4 nitrogen and oxygen atoms in total. The van der Waals surface area contributed by atoms with E-state index in [1.54, 1.807) is 12.1 Å². The summed E-state index contributed by atoms with van der Waals surface area (Å²) in [6, 6.07) is 6.37. The summed E-state index contributed by atoms with van der Waals surface area (Å²) in [5.41, 5.74) is 1.03. The summed E-state index contributed by atoms with van der Waals surface area (Å²) in [6.45, 7) is 3.99. The number of nitrogens with one attached hydrogen (secondary N) is 1. The van der Waals surface area contributed by atoms with Crippen molar-refractivity contribution in [3.05, 3.63) is 29.8 Å². The number of hydrogen-bond acceptors (Lipinski definition) is 3. The van der Waals surface area contributed by atoms with Crippen LogP contribution < -0.4 is 5.32 Å². The Morgan fingerprint density at radius 1 is 0.690 bits per heavy atom. The molecule has 0 atom stereocenters. The lowest BCUT2D eigenvalue weighted by atomic mass is 10.0. The highest BCUT2D eigenvalue weighted by atomic mass is 32.2. The fraction of sp³-hybridized carbons (Fsp3) is 0.750. The van der Waals surface area contributed by atoms with Crippen molar-refractivity contribution in [2.24, 2.45) is 0 Å². The van der Waals surface area contributed by atoms with Crippen molar-refractivity contribution in [2.75, 3.05) is 6.54 Å². The molecule has 0 saturated carbocycles. The molecule has 0 radical (unpaired) electrons. The summed E-state index contributed by atoms with van der Waals surface area (Å²) in [5, 5.41) is 3.39. The molecule has 0 fully saturated rings. The normalized spacial score (nSPS) is 11.8. The fourth-order valence-corrected chi connectivity index (χ4v) is 4.11. The van der Waals surface area contributed by atoms with Crippen LogP contribution in [0.25, 0.3) is 0 Å². The third kappa shape index (κ3) is 14.7. The number of unbranched alkanes of at least 4 members (excludes halogenated alkanes) is 14. The summed E-state index contributed by atoms with van der Waals surface area (Å²) in [6.07, 6.45) is 20.6. The lowest BCUT2D eigenvalue weighted by Gasteiger charge is -2.06. The Kier molecular flexibility index (Phi) is 15.2. The van der Waals surface area contributed by atoms with Crippen molar-refractivity contribution < 1.29 is 13.0 Å². The second-order valence-electron chi connectivity index (χ2n) is 8.25. The molecule has 1 rings (SSSR count). The Balaban J connectivity index is 1.83. The van der Waals surface area contributed by atoms with Crippen molar-refractivity contribution in [3.8, 4) is 0 Å². The van der Waals surface area contributed by atoms with Crippen LogP contribution in [0.2, 0.25) is 0 Å². The van der Waals surface area contributed by atoms with Crippen LogP contribution in [0.5, 0.6) is 0 Å². The molecule has 2 N–H and O–H groups in total. The van der Waals surface area contributed by atoms with Crippen LogP contribution in [0.1, 0.15) is 109 Å².